The Bertz CT molecular complexity index is 627. The fourth-order valence-corrected chi connectivity index (χ4v) is 2.97. The average molecular weight is 347 g/mol. The van der Waals surface area contributed by atoms with Crippen molar-refractivity contribution in [1.82, 2.24) is 15.6 Å². The van der Waals surface area contributed by atoms with E-state index in [-0.39, 0.29) is 0 Å². The van der Waals surface area contributed by atoms with Gasteiger partial charge in [0.1, 0.15) is 0 Å². The second-order valence-corrected chi connectivity index (χ2v) is 6.66. The molecule has 1 atom stereocenters. The van der Waals surface area contributed by atoms with E-state index in [4.69, 9.17) is 0 Å². The summed E-state index contributed by atoms with van der Waals surface area (Å²) in [7, 11) is 0. The molecule has 0 radical (unpaired) electrons. The number of guanidine groups is 1. The standard InChI is InChI=1S/C18H26N4OS/c1-3-19-18(20-10-9-16-13-24-14(2)22-16)21-12-17(23)11-15-7-5-4-6-8-15/h4-8,13,17,23H,3,9-12H2,1-2H3,(H2,19,20,21). The number of thiazole rings is 1. The summed E-state index contributed by atoms with van der Waals surface area (Å²) in [6.45, 7) is 5.98. The Morgan fingerprint density at radius 1 is 1.29 bits per heavy atom. The Hall–Kier alpha value is -1.92. The van der Waals surface area contributed by atoms with Crippen LogP contribution in [0.25, 0.3) is 0 Å². The molecule has 1 unspecified atom stereocenters. The quantitative estimate of drug-likeness (QED) is 0.506. The summed E-state index contributed by atoms with van der Waals surface area (Å²) < 4.78 is 0. The lowest BCUT2D eigenvalue weighted by Crippen LogP contribution is -2.39. The maximum atomic E-state index is 10.2. The van der Waals surface area contributed by atoms with E-state index in [0.29, 0.717) is 13.0 Å². The van der Waals surface area contributed by atoms with Gasteiger partial charge in [-0.05, 0) is 19.4 Å². The molecule has 24 heavy (non-hydrogen) atoms. The van der Waals surface area contributed by atoms with Gasteiger partial charge in [-0.3, -0.25) is 4.99 Å². The molecule has 0 saturated carbocycles. The molecule has 130 valence electrons. The number of aliphatic hydroxyl groups excluding tert-OH is 1. The minimum Gasteiger partial charge on any atom is -0.391 e. The van der Waals surface area contributed by atoms with Gasteiger partial charge in [-0.15, -0.1) is 11.3 Å². The summed E-state index contributed by atoms with van der Waals surface area (Å²) in [4.78, 5) is 8.93. The molecule has 0 spiro atoms. The molecule has 0 aliphatic carbocycles. The minimum atomic E-state index is -0.482. The van der Waals surface area contributed by atoms with Gasteiger partial charge in [-0.25, -0.2) is 4.98 Å². The number of hydrogen-bond acceptors (Lipinski definition) is 4. The molecular formula is C18H26N4OS. The van der Waals surface area contributed by atoms with Crippen LogP contribution in [0.2, 0.25) is 0 Å². The molecule has 2 aromatic rings. The first-order valence-electron chi connectivity index (χ1n) is 8.32. The lowest BCUT2D eigenvalue weighted by molar-refractivity contribution is 0.183. The number of benzene rings is 1. The predicted octanol–water partition coefficient (Wildman–Crippen LogP) is 2.15. The van der Waals surface area contributed by atoms with Crippen molar-refractivity contribution in [2.45, 2.75) is 32.8 Å². The summed E-state index contributed by atoms with van der Waals surface area (Å²) in [5.74, 6) is 0.733. The maximum absolute atomic E-state index is 10.2. The highest BCUT2D eigenvalue weighted by Crippen LogP contribution is 2.07. The van der Waals surface area contributed by atoms with E-state index < -0.39 is 6.10 Å². The number of aliphatic hydroxyl groups is 1. The Morgan fingerprint density at radius 2 is 2.08 bits per heavy atom. The van der Waals surface area contributed by atoms with Gasteiger partial charge in [-0.2, -0.15) is 0 Å². The van der Waals surface area contributed by atoms with Crippen LogP contribution >= 0.6 is 11.3 Å². The number of nitrogens with one attached hydrogen (secondary N) is 2. The summed E-state index contributed by atoms with van der Waals surface area (Å²) in [5, 5.41) is 19.8. The molecule has 6 heteroatoms. The fourth-order valence-electron chi connectivity index (χ4n) is 2.32. The number of aryl methyl sites for hydroxylation is 1. The molecular weight excluding hydrogens is 320 g/mol. The molecule has 3 N–H and O–H groups in total. The average Bonchev–Trinajstić information content (AvgIpc) is 2.99. The van der Waals surface area contributed by atoms with Crippen molar-refractivity contribution in [3.8, 4) is 0 Å². The normalized spacial score (nSPS) is 12.9. The van der Waals surface area contributed by atoms with Gasteiger partial charge in [-0.1, -0.05) is 30.3 Å². The van der Waals surface area contributed by atoms with Crippen molar-refractivity contribution in [3.05, 3.63) is 52.0 Å². The monoisotopic (exact) mass is 346 g/mol. The number of aromatic nitrogens is 1. The number of hydrogen-bond donors (Lipinski definition) is 3. The molecule has 0 fully saturated rings. The van der Waals surface area contributed by atoms with Gasteiger partial charge < -0.3 is 15.7 Å². The highest BCUT2D eigenvalue weighted by Gasteiger charge is 2.06. The molecule has 2 rings (SSSR count). The van der Waals surface area contributed by atoms with Crippen molar-refractivity contribution in [2.75, 3.05) is 19.6 Å². The van der Waals surface area contributed by atoms with Gasteiger partial charge in [0, 0.05) is 31.3 Å². The fraction of sp³-hybridized carbons (Fsp3) is 0.444. The van der Waals surface area contributed by atoms with E-state index in [0.717, 1.165) is 41.7 Å². The first-order chi connectivity index (χ1) is 11.7. The number of aliphatic imine (C=N–C) groups is 1. The van der Waals surface area contributed by atoms with Crippen molar-refractivity contribution < 1.29 is 5.11 Å². The highest BCUT2D eigenvalue weighted by molar-refractivity contribution is 7.09. The molecule has 0 saturated heterocycles. The van der Waals surface area contributed by atoms with Crippen LogP contribution in [0.5, 0.6) is 0 Å². The summed E-state index contributed by atoms with van der Waals surface area (Å²) >= 11 is 1.67. The van der Waals surface area contributed by atoms with Crippen LogP contribution < -0.4 is 10.6 Å². The largest absolute Gasteiger partial charge is 0.391 e. The van der Waals surface area contributed by atoms with E-state index in [9.17, 15) is 5.11 Å². The van der Waals surface area contributed by atoms with Crippen LogP contribution in [0, 0.1) is 6.92 Å². The summed E-state index contributed by atoms with van der Waals surface area (Å²) in [6, 6.07) is 9.98. The van der Waals surface area contributed by atoms with E-state index in [2.05, 4.69) is 26.0 Å². The van der Waals surface area contributed by atoms with Crippen LogP contribution in [0.4, 0.5) is 0 Å². The predicted molar refractivity (Wildman–Crippen MR) is 101 cm³/mol. The van der Waals surface area contributed by atoms with Crippen molar-refractivity contribution in [1.29, 1.82) is 0 Å². The van der Waals surface area contributed by atoms with Crippen molar-refractivity contribution in [3.63, 3.8) is 0 Å². The zero-order valence-electron chi connectivity index (χ0n) is 14.3. The second kappa shape index (κ2) is 10.1. The van der Waals surface area contributed by atoms with E-state index in [1.807, 2.05) is 44.2 Å². The molecule has 1 heterocycles. The Balaban J connectivity index is 1.78. The van der Waals surface area contributed by atoms with Crippen LogP contribution in [-0.2, 0) is 12.8 Å². The lowest BCUT2D eigenvalue weighted by Gasteiger charge is -2.13. The van der Waals surface area contributed by atoms with Crippen LogP contribution in [-0.4, -0.2) is 41.8 Å². The van der Waals surface area contributed by atoms with E-state index >= 15 is 0 Å². The zero-order valence-corrected chi connectivity index (χ0v) is 15.1. The third-order valence-electron chi connectivity index (χ3n) is 3.46. The molecule has 0 aliphatic heterocycles. The number of rotatable bonds is 8. The van der Waals surface area contributed by atoms with E-state index in [1.165, 1.54) is 0 Å². The molecule has 0 aliphatic rings. The summed E-state index contributed by atoms with van der Waals surface area (Å²) in [6.07, 6.45) is 0.993. The lowest BCUT2D eigenvalue weighted by atomic mass is 10.1. The first kappa shape index (κ1) is 18.4. The molecule has 1 aromatic heterocycles. The smallest absolute Gasteiger partial charge is 0.191 e. The first-order valence-corrected chi connectivity index (χ1v) is 9.20. The SMILES string of the molecule is CCNC(=NCC(O)Cc1ccccc1)NCCc1csc(C)n1. The maximum Gasteiger partial charge on any atom is 0.191 e. The third-order valence-corrected chi connectivity index (χ3v) is 4.28. The van der Waals surface area contributed by atoms with Gasteiger partial charge >= 0.3 is 0 Å². The van der Waals surface area contributed by atoms with Crippen LogP contribution in [0.3, 0.4) is 0 Å². The van der Waals surface area contributed by atoms with E-state index in [1.54, 1.807) is 11.3 Å². The second-order valence-electron chi connectivity index (χ2n) is 5.60. The van der Waals surface area contributed by atoms with Crippen LogP contribution in [0.1, 0.15) is 23.2 Å². The number of nitrogens with zero attached hydrogens (tertiary/aromatic N) is 2. The van der Waals surface area contributed by atoms with Crippen LogP contribution in [0.15, 0.2) is 40.7 Å². The third kappa shape index (κ3) is 6.68. The molecule has 5 nitrogen and oxygen atoms in total. The molecule has 0 amide bonds. The van der Waals surface area contributed by atoms with Gasteiger partial charge in [0.15, 0.2) is 5.96 Å². The van der Waals surface area contributed by atoms with Gasteiger partial charge in [0.05, 0.1) is 23.4 Å². The van der Waals surface area contributed by atoms with Crippen molar-refractivity contribution in [2.24, 2.45) is 4.99 Å². The van der Waals surface area contributed by atoms with Crippen molar-refractivity contribution >= 4 is 17.3 Å². The summed E-state index contributed by atoms with van der Waals surface area (Å²) in [5.41, 5.74) is 2.22. The Labute approximate surface area is 147 Å². The van der Waals surface area contributed by atoms with Gasteiger partial charge in [0.2, 0.25) is 0 Å². The molecule has 0 bridgehead atoms. The minimum absolute atomic E-state index is 0.375. The molecule has 1 aromatic carbocycles. The highest BCUT2D eigenvalue weighted by atomic mass is 32.1. The Kier molecular flexibility index (Phi) is 7.71. The van der Waals surface area contributed by atoms with Gasteiger partial charge in [0.25, 0.3) is 0 Å². The topological polar surface area (TPSA) is 69.5 Å². The zero-order chi connectivity index (χ0) is 17.2. The Morgan fingerprint density at radius 3 is 2.75 bits per heavy atom.